The summed E-state index contributed by atoms with van der Waals surface area (Å²) in [5, 5.41) is 3.21. The molecule has 1 heterocycles. The Morgan fingerprint density at radius 1 is 1.10 bits per heavy atom. The van der Waals surface area contributed by atoms with Crippen LogP contribution in [0, 0.1) is 11.6 Å². The molecule has 0 aliphatic heterocycles. The molecule has 1 amide bonds. The molecule has 6 heteroatoms. The average Bonchev–Trinajstić information content (AvgIpc) is 2.86. The molecule has 2 aromatic carbocycles. The minimum absolute atomic E-state index is 0.183. The predicted molar refractivity (Wildman–Crippen MR) is 80.5 cm³/mol. The Balaban J connectivity index is 1.91. The summed E-state index contributed by atoms with van der Waals surface area (Å²) < 4.78 is 27.5. The maximum Gasteiger partial charge on any atom is 0.265 e. The van der Waals surface area contributed by atoms with Crippen molar-refractivity contribution in [3.05, 3.63) is 59.0 Å². The second-order valence-corrected chi connectivity index (χ2v) is 5.57. The molecule has 0 unspecified atom stereocenters. The summed E-state index contributed by atoms with van der Waals surface area (Å²) in [6.07, 6.45) is 0. The number of nitrogen functional groups attached to an aromatic ring is 1. The van der Waals surface area contributed by atoms with E-state index in [2.05, 4.69) is 5.32 Å². The molecular formula is C15H10F2N2OS. The fraction of sp³-hybridized carbons (Fsp3) is 0. The maximum absolute atomic E-state index is 13.5. The molecular weight excluding hydrogens is 294 g/mol. The van der Waals surface area contributed by atoms with Gasteiger partial charge >= 0.3 is 0 Å². The van der Waals surface area contributed by atoms with E-state index in [9.17, 15) is 13.6 Å². The van der Waals surface area contributed by atoms with E-state index in [4.69, 9.17) is 5.73 Å². The Hall–Kier alpha value is -2.47. The van der Waals surface area contributed by atoms with Gasteiger partial charge in [-0.15, -0.1) is 11.3 Å². The van der Waals surface area contributed by atoms with Gasteiger partial charge in [0.1, 0.15) is 11.6 Å². The first-order valence-electron chi connectivity index (χ1n) is 6.08. The molecule has 0 saturated carbocycles. The standard InChI is InChI=1S/C15H10F2N2OS/c16-9-1-3-11(17)12(7-9)19-15(20)14-6-8-5-10(18)2-4-13(8)21-14/h1-7H,18H2,(H,19,20). The van der Waals surface area contributed by atoms with Crippen molar-refractivity contribution in [3.63, 3.8) is 0 Å². The SMILES string of the molecule is Nc1ccc2sc(C(=O)Nc3cc(F)ccc3F)cc2c1. The molecule has 0 spiro atoms. The van der Waals surface area contributed by atoms with Crippen LogP contribution < -0.4 is 11.1 Å². The van der Waals surface area contributed by atoms with Crippen LogP contribution in [0.15, 0.2) is 42.5 Å². The monoisotopic (exact) mass is 304 g/mol. The number of thiophene rings is 1. The van der Waals surface area contributed by atoms with Crippen molar-refractivity contribution in [2.75, 3.05) is 11.1 Å². The zero-order valence-electron chi connectivity index (χ0n) is 10.7. The Kier molecular flexibility index (Phi) is 3.31. The second kappa shape index (κ2) is 5.14. The highest BCUT2D eigenvalue weighted by Crippen LogP contribution is 2.28. The quantitative estimate of drug-likeness (QED) is 0.703. The summed E-state index contributed by atoms with van der Waals surface area (Å²) in [6.45, 7) is 0. The molecule has 21 heavy (non-hydrogen) atoms. The topological polar surface area (TPSA) is 55.1 Å². The third-order valence-electron chi connectivity index (χ3n) is 2.94. The number of benzene rings is 2. The van der Waals surface area contributed by atoms with Crippen LogP contribution in [0.25, 0.3) is 10.1 Å². The number of carbonyl (C=O) groups is 1. The summed E-state index contributed by atoms with van der Waals surface area (Å²) >= 11 is 1.26. The van der Waals surface area contributed by atoms with Crippen molar-refractivity contribution >= 4 is 38.7 Å². The van der Waals surface area contributed by atoms with E-state index in [0.29, 0.717) is 10.6 Å². The van der Waals surface area contributed by atoms with Gasteiger partial charge in [0, 0.05) is 16.5 Å². The maximum atomic E-state index is 13.5. The molecule has 0 aliphatic rings. The summed E-state index contributed by atoms with van der Waals surface area (Å²) in [4.78, 5) is 12.5. The van der Waals surface area contributed by atoms with Crippen LogP contribution in [0.4, 0.5) is 20.2 Å². The molecule has 0 aliphatic carbocycles. The number of anilines is 2. The smallest absolute Gasteiger partial charge is 0.265 e. The molecule has 0 radical (unpaired) electrons. The largest absolute Gasteiger partial charge is 0.399 e. The van der Waals surface area contributed by atoms with E-state index in [1.165, 1.54) is 11.3 Å². The zero-order valence-corrected chi connectivity index (χ0v) is 11.5. The van der Waals surface area contributed by atoms with Crippen molar-refractivity contribution in [1.29, 1.82) is 0 Å². The molecule has 0 bridgehead atoms. The Labute approximate surface area is 123 Å². The number of nitrogens with two attached hydrogens (primary N) is 1. The van der Waals surface area contributed by atoms with Gasteiger partial charge in [-0.05, 0) is 41.8 Å². The first-order valence-corrected chi connectivity index (χ1v) is 6.90. The van der Waals surface area contributed by atoms with Gasteiger partial charge in [0.25, 0.3) is 5.91 Å². The van der Waals surface area contributed by atoms with E-state index in [-0.39, 0.29) is 5.69 Å². The number of hydrogen-bond acceptors (Lipinski definition) is 3. The molecule has 0 saturated heterocycles. The summed E-state index contributed by atoms with van der Waals surface area (Å²) in [5.74, 6) is -1.79. The fourth-order valence-corrected chi connectivity index (χ4v) is 2.89. The highest BCUT2D eigenvalue weighted by atomic mass is 32.1. The fourth-order valence-electron chi connectivity index (χ4n) is 1.95. The van der Waals surface area contributed by atoms with Crippen LogP contribution in [0.5, 0.6) is 0 Å². The lowest BCUT2D eigenvalue weighted by atomic mass is 10.2. The molecule has 3 rings (SSSR count). The van der Waals surface area contributed by atoms with E-state index < -0.39 is 17.5 Å². The Morgan fingerprint density at radius 2 is 1.90 bits per heavy atom. The van der Waals surface area contributed by atoms with Crippen LogP contribution in [0.3, 0.4) is 0 Å². The van der Waals surface area contributed by atoms with Crippen LogP contribution in [-0.4, -0.2) is 5.91 Å². The normalized spacial score (nSPS) is 10.8. The zero-order chi connectivity index (χ0) is 15.0. The molecule has 1 aromatic heterocycles. The van der Waals surface area contributed by atoms with Gasteiger partial charge in [-0.1, -0.05) is 0 Å². The number of carbonyl (C=O) groups excluding carboxylic acids is 1. The lowest BCUT2D eigenvalue weighted by Gasteiger charge is -2.04. The minimum Gasteiger partial charge on any atom is -0.399 e. The average molecular weight is 304 g/mol. The Bertz CT molecular complexity index is 845. The lowest BCUT2D eigenvalue weighted by Crippen LogP contribution is -2.11. The van der Waals surface area contributed by atoms with E-state index in [1.807, 2.05) is 6.07 Å². The summed E-state index contributed by atoms with van der Waals surface area (Å²) in [6, 6.07) is 9.89. The van der Waals surface area contributed by atoms with Gasteiger partial charge < -0.3 is 11.1 Å². The van der Waals surface area contributed by atoms with E-state index in [1.54, 1.807) is 18.2 Å². The third kappa shape index (κ3) is 2.71. The molecule has 3 nitrogen and oxygen atoms in total. The highest BCUT2D eigenvalue weighted by molar-refractivity contribution is 7.20. The van der Waals surface area contributed by atoms with Crippen LogP contribution in [0.1, 0.15) is 9.67 Å². The molecule has 106 valence electrons. The van der Waals surface area contributed by atoms with Crippen LogP contribution in [0.2, 0.25) is 0 Å². The van der Waals surface area contributed by atoms with E-state index >= 15 is 0 Å². The first kappa shape index (κ1) is 13.5. The Morgan fingerprint density at radius 3 is 2.71 bits per heavy atom. The third-order valence-corrected chi connectivity index (χ3v) is 4.06. The van der Waals surface area contributed by atoms with Crippen molar-refractivity contribution in [1.82, 2.24) is 0 Å². The predicted octanol–water partition coefficient (Wildman–Crippen LogP) is 4.01. The van der Waals surface area contributed by atoms with Crippen LogP contribution >= 0.6 is 11.3 Å². The van der Waals surface area contributed by atoms with Gasteiger partial charge in [-0.3, -0.25) is 4.79 Å². The molecule has 3 aromatic rings. The van der Waals surface area contributed by atoms with Gasteiger partial charge in [-0.2, -0.15) is 0 Å². The summed E-state index contributed by atoms with van der Waals surface area (Å²) in [5.41, 5.74) is 6.10. The minimum atomic E-state index is -0.685. The van der Waals surface area contributed by atoms with Gasteiger partial charge in [0.05, 0.1) is 10.6 Å². The van der Waals surface area contributed by atoms with Crippen molar-refractivity contribution in [3.8, 4) is 0 Å². The number of fused-ring (bicyclic) bond motifs is 1. The number of amides is 1. The first-order chi connectivity index (χ1) is 10.0. The van der Waals surface area contributed by atoms with Gasteiger partial charge in [-0.25, -0.2) is 8.78 Å². The number of nitrogens with one attached hydrogen (secondary N) is 1. The summed E-state index contributed by atoms with van der Waals surface area (Å²) in [7, 11) is 0. The van der Waals surface area contributed by atoms with E-state index in [0.717, 1.165) is 28.3 Å². The second-order valence-electron chi connectivity index (χ2n) is 4.49. The number of rotatable bonds is 2. The van der Waals surface area contributed by atoms with Crippen molar-refractivity contribution < 1.29 is 13.6 Å². The molecule has 3 N–H and O–H groups in total. The number of halogens is 2. The van der Waals surface area contributed by atoms with Crippen molar-refractivity contribution in [2.45, 2.75) is 0 Å². The van der Waals surface area contributed by atoms with Crippen molar-refractivity contribution in [2.24, 2.45) is 0 Å². The number of hydrogen-bond donors (Lipinski definition) is 2. The van der Waals surface area contributed by atoms with Gasteiger partial charge in [0.2, 0.25) is 0 Å². The highest BCUT2D eigenvalue weighted by Gasteiger charge is 2.13. The molecule has 0 atom stereocenters. The van der Waals surface area contributed by atoms with Gasteiger partial charge in [0.15, 0.2) is 0 Å². The lowest BCUT2D eigenvalue weighted by molar-refractivity contribution is 0.103. The van der Waals surface area contributed by atoms with Crippen LogP contribution in [-0.2, 0) is 0 Å². The molecule has 0 fully saturated rings.